The summed E-state index contributed by atoms with van der Waals surface area (Å²) >= 11 is 0. The standard InChI is InChI=1S/C16H28N2O3/c1-12(2)11-21-10-9-18-14(19)13(3)17-15(20)16(18)7-5-4-6-8-16/h12-13H,4-11H2,1-3H3,(H,17,20). The molecule has 2 aliphatic rings. The van der Waals surface area contributed by atoms with Gasteiger partial charge in [0.1, 0.15) is 11.6 Å². The van der Waals surface area contributed by atoms with E-state index in [1.54, 1.807) is 11.8 Å². The minimum absolute atomic E-state index is 0.0261. The Morgan fingerprint density at radius 2 is 1.95 bits per heavy atom. The lowest BCUT2D eigenvalue weighted by molar-refractivity contribution is -0.160. The smallest absolute Gasteiger partial charge is 0.246 e. The Hall–Kier alpha value is -1.10. The molecular weight excluding hydrogens is 268 g/mol. The minimum Gasteiger partial charge on any atom is -0.379 e. The number of carbonyl (C=O) groups excluding carboxylic acids is 2. The van der Waals surface area contributed by atoms with Gasteiger partial charge in [-0.2, -0.15) is 0 Å². The van der Waals surface area contributed by atoms with Crippen molar-refractivity contribution < 1.29 is 14.3 Å². The second-order valence-corrected chi connectivity index (χ2v) is 6.75. The fraction of sp³-hybridized carbons (Fsp3) is 0.875. The predicted molar refractivity (Wildman–Crippen MR) is 80.8 cm³/mol. The Bertz CT molecular complexity index is 389. The third kappa shape index (κ3) is 3.39. The third-order valence-electron chi connectivity index (χ3n) is 4.51. The van der Waals surface area contributed by atoms with Gasteiger partial charge in [0.15, 0.2) is 0 Å². The Morgan fingerprint density at radius 1 is 1.29 bits per heavy atom. The molecule has 21 heavy (non-hydrogen) atoms. The van der Waals surface area contributed by atoms with E-state index in [0.717, 1.165) is 32.1 Å². The van der Waals surface area contributed by atoms with Crippen molar-refractivity contribution >= 4 is 11.8 Å². The summed E-state index contributed by atoms with van der Waals surface area (Å²) in [5, 5.41) is 2.86. The van der Waals surface area contributed by atoms with E-state index in [1.807, 2.05) is 0 Å². The molecule has 1 aliphatic heterocycles. The zero-order valence-electron chi connectivity index (χ0n) is 13.5. The molecule has 1 N–H and O–H groups in total. The van der Waals surface area contributed by atoms with Crippen LogP contribution in [0.2, 0.25) is 0 Å². The van der Waals surface area contributed by atoms with Crippen molar-refractivity contribution in [3.05, 3.63) is 0 Å². The average Bonchev–Trinajstić information content (AvgIpc) is 2.45. The van der Waals surface area contributed by atoms with Crippen LogP contribution in [0.4, 0.5) is 0 Å². The third-order valence-corrected chi connectivity index (χ3v) is 4.51. The van der Waals surface area contributed by atoms with Gasteiger partial charge in [-0.15, -0.1) is 0 Å². The van der Waals surface area contributed by atoms with Crippen LogP contribution in [0.15, 0.2) is 0 Å². The minimum atomic E-state index is -0.622. The molecule has 1 saturated carbocycles. The Labute approximate surface area is 127 Å². The highest BCUT2D eigenvalue weighted by Crippen LogP contribution is 2.36. The van der Waals surface area contributed by atoms with E-state index in [1.165, 1.54) is 0 Å². The lowest BCUT2D eigenvalue weighted by atomic mass is 9.77. The number of nitrogens with one attached hydrogen (secondary N) is 1. The van der Waals surface area contributed by atoms with Gasteiger partial charge in [-0.3, -0.25) is 9.59 Å². The van der Waals surface area contributed by atoms with Gasteiger partial charge in [0.05, 0.1) is 6.61 Å². The van der Waals surface area contributed by atoms with Crippen LogP contribution in [0.5, 0.6) is 0 Å². The first-order valence-corrected chi connectivity index (χ1v) is 8.17. The van der Waals surface area contributed by atoms with Crippen molar-refractivity contribution in [1.82, 2.24) is 10.2 Å². The van der Waals surface area contributed by atoms with E-state index in [9.17, 15) is 9.59 Å². The molecule has 120 valence electrons. The fourth-order valence-corrected chi connectivity index (χ4v) is 3.39. The van der Waals surface area contributed by atoms with Crippen LogP contribution in [0, 0.1) is 5.92 Å². The van der Waals surface area contributed by atoms with Crippen LogP contribution < -0.4 is 5.32 Å². The van der Waals surface area contributed by atoms with Crippen molar-refractivity contribution in [2.45, 2.75) is 64.5 Å². The summed E-state index contributed by atoms with van der Waals surface area (Å²) in [6, 6.07) is -0.421. The van der Waals surface area contributed by atoms with Crippen molar-refractivity contribution in [3.8, 4) is 0 Å². The molecular formula is C16H28N2O3. The maximum atomic E-state index is 12.5. The predicted octanol–water partition coefficient (Wildman–Crippen LogP) is 1.71. The molecule has 1 aliphatic carbocycles. The first kappa shape index (κ1) is 16.3. The Kier molecular flexibility index (Phi) is 5.25. The number of nitrogens with zero attached hydrogens (tertiary/aromatic N) is 1. The van der Waals surface area contributed by atoms with Crippen LogP contribution in [-0.2, 0) is 14.3 Å². The molecule has 1 heterocycles. The van der Waals surface area contributed by atoms with Gasteiger partial charge >= 0.3 is 0 Å². The van der Waals surface area contributed by atoms with E-state index in [2.05, 4.69) is 19.2 Å². The average molecular weight is 296 g/mol. The van der Waals surface area contributed by atoms with Gasteiger partial charge in [-0.1, -0.05) is 33.1 Å². The Balaban J connectivity index is 2.07. The van der Waals surface area contributed by atoms with E-state index < -0.39 is 11.6 Å². The number of amides is 2. The van der Waals surface area contributed by atoms with Crippen LogP contribution in [0.1, 0.15) is 52.9 Å². The van der Waals surface area contributed by atoms with Crippen LogP contribution in [0.3, 0.4) is 0 Å². The molecule has 0 bridgehead atoms. The van der Waals surface area contributed by atoms with E-state index >= 15 is 0 Å². The zero-order valence-corrected chi connectivity index (χ0v) is 13.5. The summed E-state index contributed by atoms with van der Waals surface area (Å²) in [4.78, 5) is 26.9. The van der Waals surface area contributed by atoms with Crippen molar-refractivity contribution in [3.63, 3.8) is 0 Å². The van der Waals surface area contributed by atoms with Crippen LogP contribution in [0.25, 0.3) is 0 Å². The van der Waals surface area contributed by atoms with Gasteiger partial charge in [0, 0.05) is 13.2 Å². The van der Waals surface area contributed by atoms with Crippen molar-refractivity contribution in [2.75, 3.05) is 19.8 Å². The highest BCUT2D eigenvalue weighted by atomic mass is 16.5. The molecule has 5 nitrogen and oxygen atoms in total. The van der Waals surface area contributed by atoms with Crippen molar-refractivity contribution in [1.29, 1.82) is 0 Å². The molecule has 2 rings (SSSR count). The van der Waals surface area contributed by atoms with Crippen LogP contribution in [-0.4, -0.2) is 48.1 Å². The lowest BCUT2D eigenvalue weighted by Gasteiger charge is -2.49. The van der Waals surface area contributed by atoms with E-state index in [4.69, 9.17) is 4.74 Å². The number of hydrogen-bond acceptors (Lipinski definition) is 3. The molecule has 5 heteroatoms. The molecule has 0 aromatic heterocycles. The summed E-state index contributed by atoms with van der Waals surface area (Å²) in [5.74, 6) is 0.538. The summed E-state index contributed by atoms with van der Waals surface area (Å²) in [7, 11) is 0. The van der Waals surface area contributed by atoms with Gasteiger partial charge < -0.3 is 15.0 Å². The first-order chi connectivity index (χ1) is 9.97. The monoisotopic (exact) mass is 296 g/mol. The second kappa shape index (κ2) is 6.77. The van der Waals surface area contributed by atoms with Gasteiger partial charge in [0.2, 0.25) is 11.8 Å². The van der Waals surface area contributed by atoms with Gasteiger partial charge in [-0.05, 0) is 25.7 Å². The summed E-state index contributed by atoms with van der Waals surface area (Å²) in [6.07, 6.45) is 4.73. The molecule has 0 aromatic carbocycles. The maximum Gasteiger partial charge on any atom is 0.246 e. The topological polar surface area (TPSA) is 58.6 Å². The molecule has 1 unspecified atom stereocenters. The molecule has 0 aromatic rings. The van der Waals surface area contributed by atoms with E-state index in [0.29, 0.717) is 25.7 Å². The maximum absolute atomic E-state index is 12.5. The molecule has 1 saturated heterocycles. The van der Waals surface area contributed by atoms with Gasteiger partial charge in [0.25, 0.3) is 0 Å². The normalized spacial score (nSPS) is 25.5. The Morgan fingerprint density at radius 3 is 2.57 bits per heavy atom. The number of piperazine rings is 1. The first-order valence-electron chi connectivity index (χ1n) is 8.17. The number of rotatable bonds is 5. The number of ether oxygens (including phenoxy) is 1. The fourth-order valence-electron chi connectivity index (χ4n) is 3.39. The quantitative estimate of drug-likeness (QED) is 0.786. The molecule has 1 spiro atoms. The number of hydrogen-bond donors (Lipinski definition) is 1. The van der Waals surface area contributed by atoms with Crippen molar-refractivity contribution in [2.24, 2.45) is 5.92 Å². The molecule has 2 fully saturated rings. The van der Waals surface area contributed by atoms with Crippen LogP contribution >= 0.6 is 0 Å². The largest absolute Gasteiger partial charge is 0.379 e. The van der Waals surface area contributed by atoms with E-state index in [-0.39, 0.29) is 11.8 Å². The molecule has 0 radical (unpaired) electrons. The molecule has 2 amide bonds. The van der Waals surface area contributed by atoms with Gasteiger partial charge in [-0.25, -0.2) is 0 Å². The second-order valence-electron chi connectivity index (χ2n) is 6.75. The molecule has 1 atom stereocenters. The SMILES string of the molecule is CC(C)COCCN1C(=O)C(C)NC(=O)C12CCCCC2. The number of carbonyl (C=O) groups is 2. The lowest BCUT2D eigenvalue weighted by Crippen LogP contribution is -2.70. The zero-order chi connectivity index (χ0) is 15.5. The summed E-state index contributed by atoms with van der Waals surface area (Å²) < 4.78 is 5.63. The summed E-state index contributed by atoms with van der Waals surface area (Å²) in [6.45, 7) is 7.68. The highest BCUT2D eigenvalue weighted by molar-refractivity contribution is 5.99. The summed E-state index contributed by atoms with van der Waals surface area (Å²) in [5.41, 5.74) is -0.622. The highest BCUT2D eigenvalue weighted by Gasteiger charge is 2.51.